The smallest absolute Gasteiger partial charge is 0.00932 e. The van der Waals surface area contributed by atoms with Crippen molar-refractivity contribution in [2.45, 2.75) is 72.4 Å². The summed E-state index contributed by atoms with van der Waals surface area (Å²) in [4.78, 5) is 2.62. The van der Waals surface area contributed by atoms with E-state index < -0.39 is 0 Å². The largest absolute Gasteiger partial charge is 0.313 e. The maximum absolute atomic E-state index is 3.88. The normalized spacial score (nSPS) is 36.0. The van der Waals surface area contributed by atoms with Gasteiger partial charge in [-0.25, -0.2) is 0 Å². The lowest BCUT2D eigenvalue weighted by atomic mass is 9.70. The number of likely N-dealkylation sites (tertiary alicyclic amines) is 1. The highest BCUT2D eigenvalue weighted by Crippen LogP contribution is 2.38. The minimum atomic E-state index is 0.569. The Labute approximate surface area is 120 Å². The van der Waals surface area contributed by atoms with Gasteiger partial charge in [0, 0.05) is 18.6 Å². The zero-order valence-corrected chi connectivity index (χ0v) is 13.7. The Bertz CT molecular complexity index is 285. The van der Waals surface area contributed by atoms with Crippen LogP contribution < -0.4 is 5.32 Å². The minimum Gasteiger partial charge on any atom is -0.313 e. The number of rotatable bonds is 4. The zero-order valence-electron chi connectivity index (χ0n) is 13.7. The average Bonchev–Trinajstić information content (AvgIpc) is 2.75. The molecule has 0 radical (unpaired) electrons. The SMILES string of the molecule is CC1CC(C)(C)CCC1NCC1CCN(C(C)C)C1. The molecule has 3 unspecified atom stereocenters. The summed E-state index contributed by atoms with van der Waals surface area (Å²) in [5.74, 6) is 1.72. The molecule has 1 N–H and O–H groups in total. The first-order valence-electron chi connectivity index (χ1n) is 8.35. The highest BCUT2D eigenvalue weighted by atomic mass is 15.2. The molecule has 0 aromatic carbocycles. The Hall–Kier alpha value is -0.0800. The fraction of sp³-hybridized carbons (Fsp3) is 1.00. The maximum Gasteiger partial charge on any atom is 0.00932 e. The lowest BCUT2D eigenvalue weighted by Crippen LogP contribution is -2.43. The third-order valence-corrected chi connectivity index (χ3v) is 5.41. The molecule has 2 nitrogen and oxygen atoms in total. The van der Waals surface area contributed by atoms with Crippen LogP contribution >= 0.6 is 0 Å². The number of hydrogen-bond acceptors (Lipinski definition) is 2. The van der Waals surface area contributed by atoms with E-state index in [9.17, 15) is 0 Å². The van der Waals surface area contributed by atoms with E-state index in [1.807, 2.05) is 0 Å². The predicted molar refractivity (Wildman–Crippen MR) is 83.4 cm³/mol. The second-order valence-corrected chi connectivity index (χ2v) is 8.14. The van der Waals surface area contributed by atoms with Crippen LogP contribution in [0.3, 0.4) is 0 Å². The van der Waals surface area contributed by atoms with Gasteiger partial charge < -0.3 is 10.2 Å². The highest BCUT2D eigenvalue weighted by molar-refractivity contribution is 4.88. The quantitative estimate of drug-likeness (QED) is 0.837. The van der Waals surface area contributed by atoms with Crippen LogP contribution in [0.1, 0.15) is 60.3 Å². The van der Waals surface area contributed by atoms with Gasteiger partial charge in [0.15, 0.2) is 0 Å². The van der Waals surface area contributed by atoms with E-state index in [0.717, 1.165) is 23.9 Å². The topological polar surface area (TPSA) is 15.3 Å². The van der Waals surface area contributed by atoms with Gasteiger partial charge in [0.25, 0.3) is 0 Å². The van der Waals surface area contributed by atoms with E-state index in [1.54, 1.807) is 0 Å². The van der Waals surface area contributed by atoms with Crippen LogP contribution in [0.4, 0.5) is 0 Å². The average molecular weight is 266 g/mol. The molecule has 2 fully saturated rings. The van der Waals surface area contributed by atoms with Gasteiger partial charge in [-0.2, -0.15) is 0 Å². The molecule has 0 aromatic heterocycles. The van der Waals surface area contributed by atoms with Crippen molar-refractivity contribution >= 4 is 0 Å². The van der Waals surface area contributed by atoms with E-state index in [0.29, 0.717) is 5.41 Å². The van der Waals surface area contributed by atoms with Gasteiger partial charge in [0.05, 0.1) is 0 Å². The summed E-state index contributed by atoms with van der Waals surface area (Å²) in [6.07, 6.45) is 5.53. The van der Waals surface area contributed by atoms with Crippen molar-refractivity contribution in [3.05, 3.63) is 0 Å². The number of nitrogens with one attached hydrogen (secondary N) is 1. The van der Waals surface area contributed by atoms with E-state index in [2.05, 4.69) is 44.8 Å². The van der Waals surface area contributed by atoms with E-state index in [1.165, 1.54) is 45.3 Å². The van der Waals surface area contributed by atoms with Crippen molar-refractivity contribution in [3.8, 4) is 0 Å². The fourth-order valence-electron chi connectivity index (χ4n) is 4.07. The molecule has 2 heteroatoms. The summed E-state index contributed by atoms with van der Waals surface area (Å²) in [6.45, 7) is 15.8. The predicted octanol–water partition coefficient (Wildman–Crippen LogP) is 3.52. The van der Waals surface area contributed by atoms with Gasteiger partial charge in [0.2, 0.25) is 0 Å². The Morgan fingerprint density at radius 3 is 2.58 bits per heavy atom. The lowest BCUT2D eigenvalue weighted by Gasteiger charge is -2.40. The van der Waals surface area contributed by atoms with Crippen LogP contribution in [-0.2, 0) is 0 Å². The molecule has 1 heterocycles. The first kappa shape index (κ1) is 15.3. The van der Waals surface area contributed by atoms with Gasteiger partial charge in [-0.05, 0) is 69.9 Å². The Morgan fingerprint density at radius 1 is 1.26 bits per heavy atom. The van der Waals surface area contributed by atoms with Crippen molar-refractivity contribution in [2.75, 3.05) is 19.6 Å². The third kappa shape index (κ3) is 4.19. The van der Waals surface area contributed by atoms with E-state index in [4.69, 9.17) is 0 Å². The first-order valence-corrected chi connectivity index (χ1v) is 8.35. The summed E-state index contributed by atoms with van der Waals surface area (Å²) in [5.41, 5.74) is 0.569. The number of nitrogens with zero attached hydrogens (tertiary/aromatic N) is 1. The summed E-state index contributed by atoms with van der Waals surface area (Å²) < 4.78 is 0. The van der Waals surface area contributed by atoms with Crippen LogP contribution in [0.25, 0.3) is 0 Å². The van der Waals surface area contributed by atoms with Crippen molar-refractivity contribution in [3.63, 3.8) is 0 Å². The molecular formula is C17H34N2. The molecule has 1 aliphatic carbocycles. The van der Waals surface area contributed by atoms with Gasteiger partial charge in [-0.1, -0.05) is 20.8 Å². The molecule has 112 valence electrons. The summed E-state index contributed by atoms with van der Waals surface area (Å²) >= 11 is 0. The Morgan fingerprint density at radius 2 is 2.00 bits per heavy atom. The number of hydrogen-bond donors (Lipinski definition) is 1. The molecule has 2 rings (SSSR count). The Kier molecular flexibility index (Phi) is 4.94. The first-order chi connectivity index (χ1) is 8.87. The maximum atomic E-state index is 3.88. The molecule has 1 saturated heterocycles. The Balaban J connectivity index is 1.72. The van der Waals surface area contributed by atoms with Gasteiger partial charge in [-0.3, -0.25) is 0 Å². The van der Waals surface area contributed by atoms with Crippen molar-refractivity contribution in [1.82, 2.24) is 10.2 Å². The molecule has 1 aliphatic heterocycles. The highest BCUT2D eigenvalue weighted by Gasteiger charge is 2.33. The lowest BCUT2D eigenvalue weighted by molar-refractivity contribution is 0.145. The molecule has 0 spiro atoms. The monoisotopic (exact) mass is 266 g/mol. The molecule has 19 heavy (non-hydrogen) atoms. The molecule has 0 bridgehead atoms. The zero-order chi connectivity index (χ0) is 14.0. The van der Waals surface area contributed by atoms with E-state index >= 15 is 0 Å². The van der Waals surface area contributed by atoms with E-state index in [-0.39, 0.29) is 0 Å². The second kappa shape index (κ2) is 6.13. The molecule has 0 amide bonds. The molecule has 1 saturated carbocycles. The summed E-state index contributed by atoms with van der Waals surface area (Å²) in [7, 11) is 0. The molecule has 2 aliphatic rings. The molecule has 3 atom stereocenters. The van der Waals surface area contributed by atoms with Crippen molar-refractivity contribution in [2.24, 2.45) is 17.3 Å². The van der Waals surface area contributed by atoms with Crippen molar-refractivity contribution < 1.29 is 0 Å². The second-order valence-electron chi connectivity index (χ2n) is 8.14. The molecule has 0 aromatic rings. The van der Waals surface area contributed by atoms with Gasteiger partial charge in [0.1, 0.15) is 0 Å². The van der Waals surface area contributed by atoms with Gasteiger partial charge >= 0.3 is 0 Å². The van der Waals surface area contributed by atoms with Crippen LogP contribution in [0.2, 0.25) is 0 Å². The third-order valence-electron chi connectivity index (χ3n) is 5.41. The van der Waals surface area contributed by atoms with Crippen LogP contribution in [0, 0.1) is 17.3 Å². The summed E-state index contributed by atoms with van der Waals surface area (Å²) in [5, 5.41) is 3.88. The molecular weight excluding hydrogens is 232 g/mol. The standard InChI is InChI=1S/C17H34N2/c1-13(2)19-9-7-15(12-19)11-18-16-6-8-17(4,5)10-14(16)3/h13-16,18H,6-12H2,1-5H3. The van der Waals surface area contributed by atoms with Gasteiger partial charge in [-0.15, -0.1) is 0 Å². The minimum absolute atomic E-state index is 0.569. The van der Waals surface area contributed by atoms with Crippen molar-refractivity contribution in [1.29, 1.82) is 0 Å². The van der Waals surface area contributed by atoms with Crippen LogP contribution in [-0.4, -0.2) is 36.6 Å². The van der Waals surface area contributed by atoms with Crippen LogP contribution in [0.5, 0.6) is 0 Å². The summed E-state index contributed by atoms with van der Waals surface area (Å²) in [6, 6.07) is 1.49. The van der Waals surface area contributed by atoms with Crippen LogP contribution in [0.15, 0.2) is 0 Å². The fourth-order valence-corrected chi connectivity index (χ4v) is 4.07.